The maximum absolute atomic E-state index is 12.0. The molecule has 0 fully saturated rings. The normalized spacial score (nSPS) is 10.3. The Kier molecular flexibility index (Phi) is 4.33. The van der Waals surface area contributed by atoms with Crippen molar-refractivity contribution in [3.63, 3.8) is 0 Å². The Morgan fingerprint density at radius 3 is 3.06 bits per heavy atom. The summed E-state index contributed by atoms with van der Waals surface area (Å²) in [7, 11) is 0. The standard InChI is InChI=1S/C12H13N3OS2/c1-3-17-12-14-11(18-15-12)13-10(16)9-6-4-5-8(2)7-9/h4-7H,3H2,1-2H3,(H,13,14,15,16). The molecular weight excluding hydrogens is 266 g/mol. The van der Waals surface area contributed by atoms with Gasteiger partial charge < -0.3 is 0 Å². The summed E-state index contributed by atoms with van der Waals surface area (Å²) in [5.41, 5.74) is 1.69. The zero-order chi connectivity index (χ0) is 13.0. The lowest BCUT2D eigenvalue weighted by atomic mass is 10.1. The molecule has 1 amide bonds. The molecule has 0 aliphatic rings. The number of thioether (sulfide) groups is 1. The lowest BCUT2D eigenvalue weighted by Gasteiger charge is -2.01. The van der Waals surface area contributed by atoms with E-state index in [1.54, 1.807) is 17.8 Å². The molecule has 1 aromatic carbocycles. The van der Waals surface area contributed by atoms with E-state index < -0.39 is 0 Å². The van der Waals surface area contributed by atoms with E-state index in [9.17, 15) is 4.79 Å². The first-order valence-electron chi connectivity index (χ1n) is 5.53. The molecule has 4 nitrogen and oxygen atoms in total. The van der Waals surface area contributed by atoms with E-state index in [-0.39, 0.29) is 5.91 Å². The predicted octanol–water partition coefficient (Wildman–Crippen LogP) is 3.21. The molecule has 1 N–H and O–H groups in total. The fourth-order valence-electron chi connectivity index (χ4n) is 1.40. The molecular formula is C12H13N3OS2. The third-order valence-corrected chi connectivity index (χ3v) is 3.66. The van der Waals surface area contributed by atoms with E-state index >= 15 is 0 Å². The first kappa shape index (κ1) is 13.0. The third kappa shape index (κ3) is 3.30. The number of benzene rings is 1. The van der Waals surface area contributed by atoms with Gasteiger partial charge in [-0.15, -0.1) is 0 Å². The summed E-state index contributed by atoms with van der Waals surface area (Å²) in [5.74, 6) is 0.769. The topological polar surface area (TPSA) is 54.9 Å². The van der Waals surface area contributed by atoms with Crippen LogP contribution in [0.3, 0.4) is 0 Å². The van der Waals surface area contributed by atoms with E-state index in [0.717, 1.165) is 11.3 Å². The number of nitrogens with one attached hydrogen (secondary N) is 1. The van der Waals surface area contributed by atoms with Gasteiger partial charge in [-0.05, 0) is 24.8 Å². The molecule has 2 aromatic rings. The summed E-state index contributed by atoms with van der Waals surface area (Å²) in [5, 5.41) is 4.01. The molecule has 0 atom stereocenters. The lowest BCUT2D eigenvalue weighted by Crippen LogP contribution is -2.11. The van der Waals surface area contributed by atoms with Gasteiger partial charge in [-0.25, -0.2) is 0 Å². The van der Waals surface area contributed by atoms with Gasteiger partial charge in [0.15, 0.2) is 0 Å². The summed E-state index contributed by atoms with van der Waals surface area (Å²) >= 11 is 2.76. The van der Waals surface area contributed by atoms with E-state index in [1.807, 2.05) is 32.0 Å². The van der Waals surface area contributed by atoms with Crippen LogP contribution >= 0.6 is 23.3 Å². The Labute approximate surface area is 114 Å². The van der Waals surface area contributed by atoms with Crippen LogP contribution in [-0.2, 0) is 0 Å². The number of rotatable bonds is 4. The molecule has 1 heterocycles. The van der Waals surface area contributed by atoms with Crippen molar-refractivity contribution in [3.8, 4) is 0 Å². The summed E-state index contributed by atoms with van der Waals surface area (Å²) in [6, 6.07) is 7.45. The van der Waals surface area contributed by atoms with Gasteiger partial charge >= 0.3 is 0 Å². The number of anilines is 1. The maximum atomic E-state index is 12.0. The highest BCUT2D eigenvalue weighted by Crippen LogP contribution is 2.20. The molecule has 0 unspecified atom stereocenters. The smallest absolute Gasteiger partial charge is 0.257 e. The first-order valence-corrected chi connectivity index (χ1v) is 7.29. The Morgan fingerprint density at radius 2 is 2.33 bits per heavy atom. The second kappa shape index (κ2) is 5.97. The molecule has 94 valence electrons. The molecule has 2 rings (SSSR count). The molecule has 0 saturated carbocycles. The molecule has 0 radical (unpaired) electrons. The third-order valence-electron chi connectivity index (χ3n) is 2.18. The molecule has 0 saturated heterocycles. The van der Waals surface area contributed by atoms with Crippen LogP contribution in [0.15, 0.2) is 29.4 Å². The molecule has 0 spiro atoms. The number of amides is 1. The van der Waals surface area contributed by atoms with Crippen LogP contribution in [-0.4, -0.2) is 21.0 Å². The first-order chi connectivity index (χ1) is 8.69. The Bertz CT molecular complexity index is 554. The van der Waals surface area contributed by atoms with Gasteiger partial charge in [0.2, 0.25) is 10.3 Å². The Morgan fingerprint density at radius 1 is 1.50 bits per heavy atom. The van der Waals surface area contributed by atoms with E-state index in [0.29, 0.717) is 15.9 Å². The van der Waals surface area contributed by atoms with Crippen molar-refractivity contribution in [2.75, 3.05) is 11.1 Å². The van der Waals surface area contributed by atoms with E-state index in [2.05, 4.69) is 14.7 Å². The fourth-order valence-corrected chi connectivity index (χ4v) is 2.67. The highest BCUT2D eigenvalue weighted by molar-refractivity contribution is 7.99. The Balaban J connectivity index is 2.06. The number of hydrogen-bond acceptors (Lipinski definition) is 5. The van der Waals surface area contributed by atoms with Crippen LogP contribution in [0.2, 0.25) is 0 Å². The highest BCUT2D eigenvalue weighted by Gasteiger charge is 2.09. The predicted molar refractivity (Wildman–Crippen MR) is 75.4 cm³/mol. The fraction of sp³-hybridized carbons (Fsp3) is 0.250. The molecule has 0 aliphatic heterocycles. The molecule has 6 heteroatoms. The van der Waals surface area contributed by atoms with Crippen LogP contribution in [0, 0.1) is 6.92 Å². The number of carbonyl (C=O) groups excluding carboxylic acids is 1. The molecule has 18 heavy (non-hydrogen) atoms. The van der Waals surface area contributed by atoms with Gasteiger partial charge in [0.05, 0.1) is 0 Å². The summed E-state index contributed by atoms with van der Waals surface area (Å²) in [4.78, 5) is 16.2. The zero-order valence-corrected chi connectivity index (χ0v) is 11.8. The van der Waals surface area contributed by atoms with Crippen LogP contribution < -0.4 is 5.32 Å². The minimum atomic E-state index is -0.150. The number of aromatic nitrogens is 2. The summed E-state index contributed by atoms with van der Waals surface area (Å²) in [6.45, 7) is 3.99. The van der Waals surface area contributed by atoms with Crippen molar-refractivity contribution in [2.24, 2.45) is 0 Å². The average molecular weight is 279 g/mol. The molecule has 1 aromatic heterocycles. The van der Waals surface area contributed by atoms with Crippen LogP contribution in [0.25, 0.3) is 0 Å². The van der Waals surface area contributed by atoms with Gasteiger partial charge in [0.1, 0.15) is 0 Å². The van der Waals surface area contributed by atoms with Gasteiger partial charge in [-0.1, -0.05) is 36.4 Å². The van der Waals surface area contributed by atoms with Crippen molar-refractivity contribution in [1.82, 2.24) is 9.36 Å². The van der Waals surface area contributed by atoms with E-state index in [4.69, 9.17) is 0 Å². The molecule has 0 aliphatic carbocycles. The van der Waals surface area contributed by atoms with Crippen LogP contribution in [0.5, 0.6) is 0 Å². The highest BCUT2D eigenvalue weighted by atomic mass is 32.2. The minimum Gasteiger partial charge on any atom is -0.297 e. The second-order valence-electron chi connectivity index (χ2n) is 3.64. The van der Waals surface area contributed by atoms with Crippen molar-refractivity contribution >= 4 is 34.3 Å². The zero-order valence-electron chi connectivity index (χ0n) is 10.1. The monoisotopic (exact) mass is 279 g/mol. The second-order valence-corrected chi connectivity index (χ2v) is 5.62. The number of carbonyl (C=O) groups is 1. The van der Waals surface area contributed by atoms with Gasteiger partial charge in [-0.3, -0.25) is 10.1 Å². The van der Waals surface area contributed by atoms with E-state index in [1.165, 1.54) is 11.5 Å². The van der Waals surface area contributed by atoms with Crippen LogP contribution in [0.1, 0.15) is 22.8 Å². The van der Waals surface area contributed by atoms with Crippen molar-refractivity contribution in [3.05, 3.63) is 35.4 Å². The SMILES string of the molecule is CCSc1nsc(NC(=O)c2cccc(C)c2)n1. The average Bonchev–Trinajstić information content (AvgIpc) is 2.77. The maximum Gasteiger partial charge on any atom is 0.257 e. The van der Waals surface area contributed by atoms with Crippen molar-refractivity contribution in [2.45, 2.75) is 19.0 Å². The quantitative estimate of drug-likeness (QED) is 0.873. The van der Waals surface area contributed by atoms with Gasteiger partial charge in [-0.2, -0.15) is 9.36 Å². The van der Waals surface area contributed by atoms with Gasteiger partial charge in [0.25, 0.3) is 5.91 Å². The number of nitrogens with zero attached hydrogens (tertiary/aromatic N) is 2. The summed E-state index contributed by atoms with van der Waals surface area (Å²) < 4.78 is 4.15. The van der Waals surface area contributed by atoms with Gasteiger partial charge in [0, 0.05) is 17.1 Å². The summed E-state index contributed by atoms with van der Waals surface area (Å²) in [6.07, 6.45) is 0. The Hall–Kier alpha value is -1.40. The largest absolute Gasteiger partial charge is 0.297 e. The minimum absolute atomic E-state index is 0.150. The van der Waals surface area contributed by atoms with Crippen molar-refractivity contribution in [1.29, 1.82) is 0 Å². The van der Waals surface area contributed by atoms with Crippen LogP contribution in [0.4, 0.5) is 5.13 Å². The lowest BCUT2D eigenvalue weighted by molar-refractivity contribution is 0.102. The number of hydrogen-bond donors (Lipinski definition) is 1. The van der Waals surface area contributed by atoms with Crippen molar-refractivity contribution < 1.29 is 4.79 Å². The number of aryl methyl sites for hydroxylation is 1. The molecule has 0 bridgehead atoms.